The predicted octanol–water partition coefficient (Wildman–Crippen LogP) is 3.89. The first-order valence-electron chi connectivity index (χ1n) is 5.91. The summed E-state index contributed by atoms with van der Waals surface area (Å²) in [6.45, 7) is -2.60. The van der Waals surface area contributed by atoms with Crippen molar-refractivity contribution in [2.75, 3.05) is 0 Å². The topological polar surface area (TPSA) is 12.5 Å². The van der Waals surface area contributed by atoms with Crippen molar-refractivity contribution >= 4 is 6.98 Å². The molecule has 0 aliphatic carbocycles. The van der Waals surface area contributed by atoms with E-state index in [1.807, 2.05) is 0 Å². The van der Waals surface area contributed by atoms with E-state index >= 15 is 0 Å². The fourth-order valence-electron chi connectivity index (χ4n) is 1.85. The van der Waals surface area contributed by atoms with Crippen LogP contribution in [-0.2, 0) is 4.74 Å². The second kappa shape index (κ2) is 5.78. The van der Waals surface area contributed by atoms with Gasteiger partial charge in [-0.1, -0.05) is 45.4 Å². The highest BCUT2D eigenvalue weighted by atomic mass is 19.4. The lowest BCUT2D eigenvalue weighted by Gasteiger charge is -2.08. The zero-order valence-corrected chi connectivity index (χ0v) is 9.22. The van der Waals surface area contributed by atoms with Crippen molar-refractivity contribution in [1.82, 2.24) is 0 Å². The smallest absolute Gasteiger partial charge is 0.447 e. The van der Waals surface area contributed by atoms with E-state index in [2.05, 4.69) is 11.7 Å². The summed E-state index contributed by atoms with van der Waals surface area (Å²) in [6.07, 6.45) is 6.75. The maximum atomic E-state index is 12.1. The summed E-state index contributed by atoms with van der Waals surface area (Å²) in [5, 5.41) is 0. The number of epoxide rings is 1. The maximum Gasteiger partial charge on any atom is 0.509 e. The Morgan fingerprint density at radius 3 is 2.13 bits per heavy atom. The van der Waals surface area contributed by atoms with E-state index in [0.717, 1.165) is 19.3 Å². The Kier molecular flexibility index (Phi) is 4.96. The van der Waals surface area contributed by atoms with Gasteiger partial charge < -0.3 is 17.7 Å². The largest absolute Gasteiger partial charge is 0.509 e. The minimum atomic E-state index is -4.75. The van der Waals surface area contributed by atoms with Crippen molar-refractivity contribution in [3.63, 3.8) is 0 Å². The molecule has 0 radical (unpaired) electrons. The molecule has 0 bridgehead atoms. The summed E-state index contributed by atoms with van der Waals surface area (Å²) in [6, 6.07) is -1.40. The molecule has 15 heavy (non-hydrogen) atoms. The van der Waals surface area contributed by atoms with E-state index in [1.54, 1.807) is 0 Å². The molecular formula is C10H19BF3O-. The summed E-state index contributed by atoms with van der Waals surface area (Å²) in [4.78, 5) is 0. The number of hydrogen-bond acceptors (Lipinski definition) is 1. The van der Waals surface area contributed by atoms with Crippen LogP contribution in [0, 0.1) is 0 Å². The average Bonchev–Trinajstić information content (AvgIpc) is 2.89. The molecule has 1 aliphatic rings. The van der Waals surface area contributed by atoms with Crippen molar-refractivity contribution < 1.29 is 17.7 Å². The molecule has 0 saturated carbocycles. The Morgan fingerprint density at radius 1 is 1.00 bits per heavy atom. The van der Waals surface area contributed by atoms with Crippen LogP contribution in [-0.4, -0.2) is 19.1 Å². The van der Waals surface area contributed by atoms with Crippen molar-refractivity contribution in [3.8, 4) is 0 Å². The lowest BCUT2D eigenvalue weighted by atomic mass is 9.82. The highest BCUT2D eigenvalue weighted by Gasteiger charge is 2.52. The molecule has 1 saturated heterocycles. The minimum Gasteiger partial charge on any atom is -0.447 e. The van der Waals surface area contributed by atoms with Crippen LogP contribution >= 0.6 is 0 Å². The van der Waals surface area contributed by atoms with Crippen LogP contribution in [0.25, 0.3) is 0 Å². The van der Waals surface area contributed by atoms with Gasteiger partial charge in [-0.25, -0.2) is 0 Å². The fraction of sp³-hybridized carbons (Fsp3) is 1.00. The molecule has 1 heterocycles. The maximum absolute atomic E-state index is 12.1. The molecule has 1 nitrogen and oxygen atoms in total. The van der Waals surface area contributed by atoms with E-state index < -0.39 is 19.1 Å². The van der Waals surface area contributed by atoms with E-state index in [0.29, 0.717) is 6.42 Å². The summed E-state index contributed by atoms with van der Waals surface area (Å²) in [7, 11) is 0. The monoisotopic (exact) mass is 223 g/mol. The Hall–Kier alpha value is -0.185. The standard InChI is InChI=1S/C10H19BF3O/c1-2-3-4-5-6-7-8-9-10(15-9)11(12,13)14/h9-10H,2-8H2,1H3/q-1. The van der Waals surface area contributed by atoms with Crippen molar-refractivity contribution in [2.24, 2.45) is 0 Å². The SMILES string of the molecule is CCCCCCCCC1OC1[B-](F)(F)F. The molecule has 2 unspecified atom stereocenters. The van der Waals surface area contributed by atoms with E-state index in [-0.39, 0.29) is 0 Å². The molecule has 0 amide bonds. The number of ether oxygens (including phenoxy) is 1. The van der Waals surface area contributed by atoms with E-state index in [1.165, 1.54) is 19.3 Å². The van der Waals surface area contributed by atoms with Gasteiger partial charge in [-0.05, 0) is 6.42 Å². The van der Waals surface area contributed by atoms with Crippen LogP contribution < -0.4 is 0 Å². The van der Waals surface area contributed by atoms with Gasteiger partial charge in [-0.2, -0.15) is 0 Å². The first-order chi connectivity index (χ1) is 7.05. The molecule has 90 valence electrons. The van der Waals surface area contributed by atoms with Crippen molar-refractivity contribution in [3.05, 3.63) is 0 Å². The van der Waals surface area contributed by atoms with Crippen LogP contribution in [0.3, 0.4) is 0 Å². The zero-order chi connectivity index (χ0) is 11.3. The van der Waals surface area contributed by atoms with Gasteiger partial charge in [-0.3, -0.25) is 0 Å². The lowest BCUT2D eigenvalue weighted by Crippen LogP contribution is -2.26. The molecule has 0 aromatic rings. The first-order valence-corrected chi connectivity index (χ1v) is 5.91. The third-order valence-corrected chi connectivity index (χ3v) is 2.84. The first kappa shape index (κ1) is 12.9. The lowest BCUT2D eigenvalue weighted by molar-refractivity contribution is 0.347. The summed E-state index contributed by atoms with van der Waals surface area (Å²) < 4.78 is 40.9. The molecule has 0 aromatic heterocycles. The average molecular weight is 223 g/mol. The molecule has 0 N–H and O–H groups in total. The number of rotatable bonds is 8. The Morgan fingerprint density at radius 2 is 1.60 bits per heavy atom. The van der Waals surface area contributed by atoms with Crippen LogP contribution in [0.5, 0.6) is 0 Å². The third kappa shape index (κ3) is 4.91. The molecule has 0 spiro atoms. The Labute approximate surface area is 89.4 Å². The van der Waals surface area contributed by atoms with E-state index in [4.69, 9.17) is 0 Å². The molecule has 1 rings (SSSR count). The molecular weight excluding hydrogens is 204 g/mol. The highest BCUT2D eigenvalue weighted by Crippen LogP contribution is 2.36. The minimum absolute atomic E-state index is 0.517. The second-order valence-corrected chi connectivity index (χ2v) is 4.32. The summed E-state index contributed by atoms with van der Waals surface area (Å²) in [5.41, 5.74) is 0. The molecule has 0 aromatic carbocycles. The van der Waals surface area contributed by atoms with Gasteiger partial charge in [0.1, 0.15) is 0 Å². The predicted molar refractivity (Wildman–Crippen MR) is 55.7 cm³/mol. The number of unbranched alkanes of at least 4 members (excludes halogenated alkanes) is 5. The van der Waals surface area contributed by atoms with Crippen molar-refractivity contribution in [2.45, 2.75) is 64.0 Å². The summed E-state index contributed by atoms with van der Waals surface area (Å²) in [5.74, 6) is 0. The summed E-state index contributed by atoms with van der Waals surface area (Å²) >= 11 is 0. The Bertz CT molecular complexity index is 184. The van der Waals surface area contributed by atoms with Crippen LogP contribution in [0.1, 0.15) is 51.9 Å². The molecule has 2 atom stereocenters. The van der Waals surface area contributed by atoms with Gasteiger partial charge in [-0.15, -0.1) is 0 Å². The van der Waals surface area contributed by atoms with Gasteiger partial charge in [0.25, 0.3) is 0 Å². The molecule has 1 fully saturated rings. The fourth-order valence-corrected chi connectivity index (χ4v) is 1.85. The zero-order valence-electron chi connectivity index (χ0n) is 9.22. The van der Waals surface area contributed by atoms with Crippen LogP contribution in [0.2, 0.25) is 0 Å². The molecule has 5 heteroatoms. The van der Waals surface area contributed by atoms with Gasteiger partial charge in [0.15, 0.2) is 0 Å². The van der Waals surface area contributed by atoms with E-state index in [9.17, 15) is 12.9 Å². The van der Waals surface area contributed by atoms with Gasteiger partial charge in [0, 0.05) is 0 Å². The van der Waals surface area contributed by atoms with Gasteiger partial charge in [0.2, 0.25) is 0 Å². The highest BCUT2D eigenvalue weighted by molar-refractivity contribution is 6.61. The quantitative estimate of drug-likeness (QED) is 0.345. The van der Waals surface area contributed by atoms with Crippen LogP contribution in [0.15, 0.2) is 0 Å². The number of hydrogen-bond donors (Lipinski definition) is 0. The third-order valence-electron chi connectivity index (χ3n) is 2.84. The van der Waals surface area contributed by atoms with Gasteiger partial charge in [0.05, 0.1) is 12.1 Å². The molecule has 1 aliphatic heterocycles. The van der Waals surface area contributed by atoms with Crippen molar-refractivity contribution in [1.29, 1.82) is 0 Å². The van der Waals surface area contributed by atoms with Crippen LogP contribution in [0.4, 0.5) is 12.9 Å². The number of halogens is 3. The normalized spacial score (nSPS) is 25.6. The van der Waals surface area contributed by atoms with Gasteiger partial charge >= 0.3 is 6.98 Å². The Balaban J connectivity index is 1.91. The second-order valence-electron chi connectivity index (χ2n) is 4.32.